The number of hydrogen-bond donors (Lipinski definition) is 2. The van der Waals surface area contributed by atoms with Crippen molar-refractivity contribution in [2.75, 3.05) is 5.43 Å². The molecule has 1 aliphatic carbocycles. The first-order valence-electron chi connectivity index (χ1n) is 11.1. The number of aromatic nitrogens is 4. The quantitative estimate of drug-likeness (QED) is 0.299. The van der Waals surface area contributed by atoms with Crippen LogP contribution in [-0.4, -0.2) is 26.4 Å². The van der Waals surface area contributed by atoms with Gasteiger partial charge in [-0.15, -0.1) is 10.2 Å². The molecule has 3 unspecified atom stereocenters. The molecule has 2 N–H and O–H groups in total. The SMILES string of the molecule is CC(C)=CCCC1CCC(C=NNc2nnc3c(n2)[nH]c2c(C)cccc23)C(C)C1. The molecular weight excluding hydrogens is 372 g/mol. The number of H-pyrrole nitrogens is 1. The fourth-order valence-electron chi connectivity index (χ4n) is 4.60. The first kappa shape index (κ1) is 20.5. The van der Waals surface area contributed by atoms with Gasteiger partial charge in [0.25, 0.3) is 5.95 Å². The highest BCUT2D eigenvalue weighted by Crippen LogP contribution is 2.35. The number of benzene rings is 1. The van der Waals surface area contributed by atoms with Crippen molar-refractivity contribution in [3.8, 4) is 0 Å². The molecule has 3 aromatic rings. The van der Waals surface area contributed by atoms with Gasteiger partial charge in [-0.1, -0.05) is 36.8 Å². The summed E-state index contributed by atoms with van der Waals surface area (Å²) in [6.07, 6.45) is 10.7. The van der Waals surface area contributed by atoms with Crippen LogP contribution in [0.1, 0.15) is 58.4 Å². The van der Waals surface area contributed by atoms with Gasteiger partial charge in [0.15, 0.2) is 5.65 Å². The number of para-hydroxylation sites is 1. The van der Waals surface area contributed by atoms with Gasteiger partial charge in [0.05, 0.1) is 5.52 Å². The molecule has 0 saturated heterocycles. The van der Waals surface area contributed by atoms with Gasteiger partial charge in [-0.3, -0.25) is 0 Å². The largest absolute Gasteiger partial charge is 0.337 e. The standard InChI is InChI=1S/C24H32N6/c1-15(2)7-5-9-18-11-12-19(17(4)13-18)14-25-29-24-27-23-22(28-30-24)20-10-6-8-16(3)21(20)26-23/h6-8,10,14,17-19H,5,9,11-13H2,1-4H3,(H2,26,27,29,30). The highest BCUT2D eigenvalue weighted by molar-refractivity contribution is 6.04. The second-order valence-corrected chi connectivity index (χ2v) is 9.02. The second kappa shape index (κ2) is 8.94. The maximum atomic E-state index is 4.56. The topological polar surface area (TPSA) is 78.8 Å². The number of hydrogen-bond acceptors (Lipinski definition) is 5. The number of fused-ring (bicyclic) bond motifs is 3. The summed E-state index contributed by atoms with van der Waals surface area (Å²) in [4.78, 5) is 7.91. The van der Waals surface area contributed by atoms with Gasteiger partial charge in [-0.2, -0.15) is 10.1 Å². The van der Waals surface area contributed by atoms with Crippen molar-refractivity contribution in [2.24, 2.45) is 22.9 Å². The third-order valence-corrected chi connectivity index (χ3v) is 6.36. The zero-order chi connectivity index (χ0) is 21.1. The Morgan fingerprint density at radius 3 is 2.93 bits per heavy atom. The van der Waals surface area contributed by atoms with E-state index in [0.29, 0.717) is 17.8 Å². The van der Waals surface area contributed by atoms with E-state index >= 15 is 0 Å². The van der Waals surface area contributed by atoms with Crippen molar-refractivity contribution in [1.82, 2.24) is 20.2 Å². The number of hydrazone groups is 1. The third kappa shape index (κ3) is 4.53. The zero-order valence-corrected chi connectivity index (χ0v) is 18.4. The number of nitrogens with zero attached hydrogens (tertiary/aromatic N) is 4. The molecular formula is C24H32N6. The summed E-state index contributed by atoms with van der Waals surface area (Å²) in [5.74, 6) is 2.42. The average Bonchev–Trinajstić information content (AvgIpc) is 3.09. The Balaban J connectivity index is 1.36. The van der Waals surface area contributed by atoms with E-state index in [0.717, 1.165) is 28.0 Å². The summed E-state index contributed by atoms with van der Waals surface area (Å²) < 4.78 is 0. The van der Waals surface area contributed by atoms with E-state index in [2.05, 4.69) is 70.5 Å². The van der Waals surface area contributed by atoms with Gasteiger partial charge in [0, 0.05) is 11.6 Å². The predicted octanol–water partition coefficient (Wildman–Crippen LogP) is 6.01. The van der Waals surface area contributed by atoms with E-state index in [4.69, 9.17) is 0 Å². The van der Waals surface area contributed by atoms with Crippen molar-refractivity contribution < 1.29 is 0 Å². The van der Waals surface area contributed by atoms with Gasteiger partial charge in [0.1, 0.15) is 5.52 Å². The molecule has 1 aliphatic rings. The molecule has 4 rings (SSSR count). The van der Waals surface area contributed by atoms with Crippen molar-refractivity contribution in [1.29, 1.82) is 0 Å². The minimum Gasteiger partial charge on any atom is -0.337 e. The molecule has 1 aromatic carbocycles. The lowest BCUT2D eigenvalue weighted by atomic mass is 9.74. The maximum absolute atomic E-state index is 4.56. The maximum Gasteiger partial charge on any atom is 0.265 e. The Kier molecular flexibility index (Phi) is 6.11. The third-order valence-electron chi connectivity index (χ3n) is 6.36. The minimum atomic E-state index is 0.422. The van der Waals surface area contributed by atoms with Crippen molar-refractivity contribution in [3.63, 3.8) is 0 Å². The van der Waals surface area contributed by atoms with Crippen LogP contribution in [-0.2, 0) is 0 Å². The number of aryl methyl sites for hydroxylation is 1. The molecule has 0 amide bonds. The van der Waals surface area contributed by atoms with Gasteiger partial charge in [-0.25, -0.2) is 5.43 Å². The Bertz CT molecular complexity index is 1080. The second-order valence-electron chi connectivity index (χ2n) is 9.02. The van der Waals surface area contributed by atoms with Gasteiger partial charge in [0.2, 0.25) is 0 Å². The molecule has 0 radical (unpaired) electrons. The molecule has 1 saturated carbocycles. The van der Waals surface area contributed by atoms with Crippen LogP contribution in [0.4, 0.5) is 5.95 Å². The number of nitrogens with one attached hydrogen (secondary N) is 2. The zero-order valence-electron chi connectivity index (χ0n) is 18.4. The molecule has 6 nitrogen and oxygen atoms in total. The molecule has 0 bridgehead atoms. The summed E-state index contributed by atoms with van der Waals surface area (Å²) in [5.41, 5.74) is 8.16. The van der Waals surface area contributed by atoms with Crippen molar-refractivity contribution >= 4 is 34.2 Å². The summed E-state index contributed by atoms with van der Waals surface area (Å²) >= 11 is 0. The van der Waals surface area contributed by atoms with Crippen LogP contribution in [0.25, 0.3) is 22.1 Å². The first-order chi connectivity index (χ1) is 14.5. The Labute approximate surface area is 178 Å². The molecule has 6 heteroatoms. The Hall–Kier alpha value is -2.76. The lowest BCUT2D eigenvalue weighted by Gasteiger charge is -2.32. The summed E-state index contributed by atoms with van der Waals surface area (Å²) in [6.45, 7) is 8.78. The highest BCUT2D eigenvalue weighted by Gasteiger charge is 2.26. The number of aromatic amines is 1. The van der Waals surface area contributed by atoms with Crippen LogP contribution in [0.5, 0.6) is 0 Å². The fraction of sp³-hybridized carbons (Fsp3) is 0.500. The van der Waals surface area contributed by atoms with Gasteiger partial charge in [-0.05, 0) is 76.2 Å². The van der Waals surface area contributed by atoms with E-state index < -0.39 is 0 Å². The first-order valence-corrected chi connectivity index (χ1v) is 11.1. The number of rotatable bonds is 6. The number of allylic oxidation sites excluding steroid dienone is 2. The van der Waals surface area contributed by atoms with E-state index in [1.165, 1.54) is 43.2 Å². The van der Waals surface area contributed by atoms with Crippen LogP contribution in [0.15, 0.2) is 34.9 Å². The molecule has 158 valence electrons. The molecule has 2 aromatic heterocycles. The van der Waals surface area contributed by atoms with Crippen LogP contribution >= 0.6 is 0 Å². The lowest BCUT2D eigenvalue weighted by molar-refractivity contribution is 0.235. The van der Waals surface area contributed by atoms with E-state index in [1.807, 2.05) is 18.3 Å². The van der Waals surface area contributed by atoms with E-state index in [1.54, 1.807) is 0 Å². The molecule has 0 spiro atoms. The molecule has 1 fully saturated rings. The van der Waals surface area contributed by atoms with Gasteiger partial charge >= 0.3 is 0 Å². The molecule has 0 aliphatic heterocycles. The fourth-order valence-corrected chi connectivity index (χ4v) is 4.60. The lowest BCUT2D eigenvalue weighted by Crippen LogP contribution is -2.24. The Morgan fingerprint density at radius 2 is 2.13 bits per heavy atom. The van der Waals surface area contributed by atoms with Crippen LogP contribution < -0.4 is 5.43 Å². The van der Waals surface area contributed by atoms with Crippen LogP contribution in [0, 0.1) is 24.7 Å². The Morgan fingerprint density at radius 1 is 1.27 bits per heavy atom. The molecule has 3 atom stereocenters. The smallest absolute Gasteiger partial charge is 0.265 e. The molecule has 30 heavy (non-hydrogen) atoms. The van der Waals surface area contributed by atoms with Crippen LogP contribution in [0.3, 0.4) is 0 Å². The monoisotopic (exact) mass is 404 g/mol. The van der Waals surface area contributed by atoms with E-state index in [9.17, 15) is 0 Å². The van der Waals surface area contributed by atoms with E-state index in [-0.39, 0.29) is 0 Å². The highest BCUT2D eigenvalue weighted by atomic mass is 15.4. The summed E-state index contributed by atoms with van der Waals surface area (Å²) in [7, 11) is 0. The minimum absolute atomic E-state index is 0.422. The van der Waals surface area contributed by atoms with Gasteiger partial charge < -0.3 is 4.98 Å². The average molecular weight is 405 g/mol. The van der Waals surface area contributed by atoms with Crippen molar-refractivity contribution in [3.05, 3.63) is 35.4 Å². The summed E-state index contributed by atoms with van der Waals surface area (Å²) in [6, 6.07) is 6.15. The predicted molar refractivity (Wildman–Crippen MR) is 125 cm³/mol. The summed E-state index contributed by atoms with van der Waals surface area (Å²) in [5, 5.41) is 14.1. The molecule has 2 heterocycles. The number of anilines is 1. The van der Waals surface area contributed by atoms with Crippen molar-refractivity contribution in [2.45, 2.75) is 59.8 Å². The normalized spacial score (nSPS) is 22.1. The van der Waals surface area contributed by atoms with Crippen LogP contribution in [0.2, 0.25) is 0 Å².